The Morgan fingerprint density at radius 2 is 0.513 bits per heavy atom. The molecule has 6 aromatic rings. The van der Waals surface area contributed by atoms with Crippen molar-refractivity contribution in [2.24, 2.45) is 0 Å². The van der Waals surface area contributed by atoms with Gasteiger partial charge in [0.05, 0.1) is 0 Å². The Morgan fingerprint density at radius 1 is 0.308 bits per heavy atom. The van der Waals surface area contributed by atoms with E-state index in [4.69, 9.17) is 0 Å². The molecule has 0 saturated heterocycles. The first-order valence-electron chi connectivity index (χ1n) is 13.6. The molecule has 6 rings (SSSR count). The zero-order valence-electron chi connectivity index (χ0n) is 22.2. The number of rotatable bonds is 6. The topological polar surface area (TPSA) is 0 Å². The van der Waals surface area contributed by atoms with Crippen LogP contribution in [0.2, 0.25) is 0 Å². The molecule has 0 saturated carbocycles. The largest absolute Gasteiger partial charge is 0.195 e. The highest BCUT2D eigenvalue weighted by Gasteiger charge is 2.31. The van der Waals surface area contributed by atoms with Crippen LogP contribution in [0.1, 0.15) is 16.8 Å². The van der Waals surface area contributed by atoms with Crippen molar-refractivity contribution >= 4 is 37.2 Å². The molecule has 0 aliphatic rings. The van der Waals surface area contributed by atoms with Crippen molar-refractivity contribution in [3.63, 3.8) is 0 Å². The minimum Gasteiger partial charge on any atom is -0.195 e. The molecule has 39 heavy (non-hydrogen) atoms. The standard InChI is InChI=1S/C24H20B.C13H13P/c1-5-13-21(14-6-1)25(22-15-7-2-8-16-22,23-17-9-3-10-18-23)24-19-11-4-12-20-24;14-13(11-7-3-1-4-8-11)12-9-5-2-6-10-12/h1-20H;1-10,13H,14H2/q-1;/p+1. The lowest BCUT2D eigenvalue weighted by molar-refractivity contribution is 1.16. The van der Waals surface area contributed by atoms with Gasteiger partial charge in [-0.15, -0.1) is 0 Å². The third-order valence-electron chi connectivity index (χ3n) is 7.60. The van der Waals surface area contributed by atoms with E-state index < -0.39 is 6.15 Å². The molecule has 0 nitrogen and oxygen atoms in total. The molecule has 190 valence electrons. The van der Waals surface area contributed by atoms with Crippen molar-refractivity contribution in [3.8, 4) is 0 Å². The van der Waals surface area contributed by atoms with E-state index >= 15 is 0 Å². The highest BCUT2D eigenvalue weighted by Crippen LogP contribution is 2.30. The van der Waals surface area contributed by atoms with Crippen molar-refractivity contribution in [2.45, 2.75) is 5.66 Å². The highest BCUT2D eigenvalue weighted by molar-refractivity contribution is 7.19. The zero-order chi connectivity index (χ0) is 26.8. The molecule has 0 amide bonds. The molecule has 0 radical (unpaired) electrons. The van der Waals surface area contributed by atoms with Crippen LogP contribution < -0.4 is 21.9 Å². The fourth-order valence-electron chi connectivity index (χ4n) is 5.68. The quantitative estimate of drug-likeness (QED) is 0.175. The SMILES string of the molecule is [PH3+]C(c1ccccc1)c1ccccc1.c1ccc([B-](c2ccccc2)(c2ccccc2)c2ccccc2)cc1. The molecule has 0 bridgehead atoms. The molecule has 1 unspecified atom stereocenters. The summed E-state index contributed by atoms with van der Waals surface area (Å²) in [6, 6.07) is 64.8. The maximum Gasteiger partial charge on any atom is 0.112 e. The van der Waals surface area contributed by atoms with Gasteiger partial charge in [0.25, 0.3) is 0 Å². The van der Waals surface area contributed by atoms with Gasteiger partial charge < -0.3 is 0 Å². The lowest BCUT2D eigenvalue weighted by Gasteiger charge is -2.44. The van der Waals surface area contributed by atoms with Crippen molar-refractivity contribution in [3.05, 3.63) is 193 Å². The Hall–Kier alpha value is -4.19. The van der Waals surface area contributed by atoms with Crippen LogP contribution in [0, 0.1) is 0 Å². The molecule has 0 aliphatic carbocycles. The second-order valence-corrected chi connectivity index (χ2v) is 10.7. The molecule has 2 heteroatoms. The van der Waals surface area contributed by atoms with Gasteiger partial charge in [-0.1, -0.05) is 182 Å². The molecule has 0 aliphatic heterocycles. The van der Waals surface area contributed by atoms with Gasteiger partial charge in [0.1, 0.15) is 11.8 Å². The Morgan fingerprint density at radius 3 is 0.744 bits per heavy atom. The van der Waals surface area contributed by atoms with E-state index in [0.29, 0.717) is 5.66 Å². The maximum atomic E-state index is 2.26. The average Bonchev–Trinajstić information content (AvgIpc) is 3.04. The molecule has 0 spiro atoms. The molecule has 0 N–H and O–H groups in total. The third-order valence-corrected chi connectivity index (χ3v) is 8.54. The van der Waals surface area contributed by atoms with Crippen LogP contribution >= 0.6 is 9.24 Å². The van der Waals surface area contributed by atoms with E-state index in [-0.39, 0.29) is 0 Å². The fraction of sp³-hybridized carbons (Fsp3) is 0.0270. The lowest BCUT2D eigenvalue weighted by atomic mass is 9.13. The van der Waals surface area contributed by atoms with Gasteiger partial charge in [-0.05, 0) is 20.4 Å². The summed E-state index contributed by atoms with van der Waals surface area (Å²) < 4.78 is 0. The smallest absolute Gasteiger partial charge is 0.112 e. The Labute approximate surface area is 235 Å². The Kier molecular flexibility index (Phi) is 8.84. The fourth-order valence-corrected chi connectivity index (χ4v) is 6.23. The molecule has 0 fully saturated rings. The van der Waals surface area contributed by atoms with E-state index in [1.807, 2.05) is 9.24 Å². The van der Waals surface area contributed by atoms with Gasteiger partial charge in [0, 0.05) is 0 Å². The Balaban J connectivity index is 0.000000186. The van der Waals surface area contributed by atoms with Crippen molar-refractivity contribution in [2.75, 3.05) is 0 Å². The molecular weight excluding hydrogens is 486 g/mol. The predicted molar refractivity (Wildman–Crippen MR) is 176 cm³/mol. The zero-order valence-corrected chi connectivity index (χ0v) is 23.6. The van der Waals surface area contributed by atoms with Crippen molar-refractivity contribution in [1.29, 1.82) is 0 Å². The van der Waals surface area contributed by atoms with Gasteiger partial charge in [0.2, 0.25) is 0 Å². The van der Waals surface area contributed by atoms with Gasteiger partial charge in [-0.3, -0.25) is 0 Å². The van der Waals surface area contributed by atoms with Gasteiger partial charge in [-0.2, -0.15) is 21.9 Å². The number of hydrogen-bond acceptors (Lipinski definition) is 0. The summed E-state index contributed by atoms with van der Waals surface area (Å²) >= 11 is 0. The summed E-state index contributed by atoms with van der Waals surface area (Å²) in [7, 11) is 2.03. The van der Waals surface area contributed by atoms with Gasteiger partial charge in [0.15, 0.2) is 0 Å². The first kappa shape index (κ1) is 26.4. The average molecular weight is 520 g/mol. The summed E-state index contributed by atoms with van der Waals surface area (Å²) in [6.45, 7) is 0. The summed E-state index contributed by atoms with van der Waals surface area (Å²) in [5.41, 5.74) is 8.64. The summed E-state index contributed by atoms with van der Waals surface area (Å²) in [4.78, 5) is 0. The Bertz CT molecular complexity index is 1320. The van der Waals surface area contributed by atoms with Crippen LogP contribution in [0.5, 0.6) is 0 Å². The predicted octanol–water partition coefficient (Wildman–Crippen LogP) is 6.45. The van der Waals surface area contributed by atoms with E-state index in [9.17, 15) is 0 Å². The number of benzene rings is 6. The first-order chi connectivity index (χ1) is 19.3. The second-order valence-electron chi connectivity index (χ2n) is 9.88. The lowest BCUT2D eigenvalue weighted by Crippen LogP contribution is -2.74. The van der Waals surface area contributed by atoms with Crippen LogP contribution in [0.3, 0.4) is 0 Å². The monoisotopic (exact) mass is 520 g/mol. The molecular formula is C37H34BP. The number of hydrogen-bond donors (Lipinski definition) is 0. The maximum absolute atomic E-state index is 2.26. The minimum absolute atomic E-state index is 0.511. The van der Waals surface area contributed by atoms with Crippen molar-refractivity contribution < 1.29 is 0 Å². The summed E-state index contributed by atoms with van der Waals surface area (Å²) in [5, 5.41) is 0. The van der Waals surface area contributed by atoms with E-state index in [1.165, 1.54) is 33.0 Å². The summed E-state index contributed by atoms with van der Waals surface area (Å²) in [5.74, 6) is 0. The summed E-state index contributed by atoms with van der Waals surface area (Å²) in [6.07, 6.45) is -1.22. The van der Waals surface area contributed by atoms with Crippen LogP contribution in [0.4, 0.5) is 0 Å². The van der Waals surface area contributed by atoms with Crippen LogP contribution in [0.25, 0.3) is 0 Å². The van der Waals surface area contributed by atoms with E-state index in [1.54, 1.807) is 0 Å². The van der Waals surface area contributed by atoms with E-state index in [2.05, 4.69) is 182 Å². The van der Waals surface area contributed by atoms with E-state index in [0.717, 1.165) is 0 Å². The van der Waals surface area contributed by atoms with Crippen LogP contribution in [0.15, 0.2) is 182 Å². The molecule has 0 heterocycles. The molecule has 6 aromatic carbocycles. The van der Waals surface area contributed by atoms with Gasteiger partial charge >= 0.3 is 0 Å². The van der Waals surface area contributed by atoms with Gasteiger partial charge in [-0.25, -0.2) is 0 Å². The highest BCUT2D eigenvalue weighted by atomic mass is 31.0. The molecule has 1 atom stereocenters. The van der Waals surface area contributed by atoms with Crippen LogP contribution in [-0.4, -0.2) is 6.15 Å². The normalized spacial score (nSPS) is 11.0. The minimum atomic E-state index is -1.22. The third kappa shape index (κ3) is 5.95. The van der Waals surface area contributed by atoms with Crippen LogP contribution in [-0.2, 0) is 0 Å². The van der Waals surface area contributed by atoms with Crippen molar-refractivity contribution in [1.82, 2.24) is 0 Å². The molecule has 0 aromatic heterocycles. The first-order valence-corrected chi connectivity index (χ1v) is 14.4. The second kappa shape index (κ2) is 13.1.